The molecule has 0 aliphatic rings. The standard InChI is InChI=1S/C16H11BrO3S/c17-13-8-10-14(11-9-13)21(18,19)20-16-7-3-5-12-4-1-2-6-15(12)16/h1-11H. The molecule has 3 aromatic rings. The highest BCUT2D eigenvalue weighted by molar-refractivity contribution is 9.10. The van der Waals surface area contributed by atoms with Crippen LogP contribution in [-0.4, -0.2) is 8.42 Å². The van der Waals surface area contributed by atoms with Gasteiger partial charge in [-0.2, -0.15) is 8.42 Å². The zero-order valence-electron chi connectivity index (χ0n) is 10.9. The molecule has 0 fully saturated rings. The van der Waals surface area contributed by atoms with E-state index in [1.165, 1.54) is 12.1 Å². The maximum Gasteiger partial charge on any atom is 0.339 e. The molecule has 0 amide bonds. The van der Waals surface area contributed by atoms with Gasteiger partial charge in [-0.3, -0.25) is 0 Å². The van der Waals surface area contributed by atoms with Crippen LogP contribution in [0.3, 0.4) is 0 Å². The molecular weight excluding hydrogens is 352 g/mol. The van der Waals surface area contributed by atoms with E-state index in [9.17, 15) is 8.42 Å². The predicted octanol–water partition coefficient (Wildman–Crippen LogP) is 4.37. The molecule has 0 aromatic heterocycles. The van der Waals surface area contributed by atoms with Crippen LogP contribution in [0.4, 0.5) is 0 Å². The van der Waals surface area contributed by atoms with Crippen LogP contribution in [0.1, 0.15) is 0 Å². The molecule has 0 bridgehead atoms. The van der Waals surface area contributed by atoms with Gasteiger partial charge < -0.3 is 4.18 Å². The molecule has 3 aromatic carbocycles. The average molecular weight is 363 g/mol. The highest BCUT2D eigenvalue weighted by Gasteiger charge is 2.17. The minimum Gasteiger partial charge on any atom is -0.378 e. The first-order valence-corrected chi connectivity index (χ1v) is 8.44. The van der Waals surface area contributed by atoms with E-state index < -0.39 is 10.1 Å². The number of rotatable bonds is 3. The highest BCUT2D eigenvalue weighted by Crippen LogP contribution is 2.28. The predicted molar refractivity (Wildman–Crippen MR) is 85.9 cm³/mol. The van der Waals surface area contributed by atoms with Crippen LogP contribution in [0.2, 0.25) is 0 Å². The molecule has 0 saturated carbocycles. The maximum absolute atomic E-state index is 12.3. The van der Waals surface area contributed by atoms with Gasteiger partial charge in [-0.05, 0) is 35.7 Å². The fourth-order valence-electron chi connectivity index (χ4n) is 2.04. The van der Waals surface area contributed by atoms with Crippen molar-refractivity contribution in [1.29, 1.82) is 0 Å². The SMILES string of the molecule is O=S(=O)(Oc1cccc2ccccc12)c1ccc(Br)cc1. The normalized spacial score (nSPS) is 11.5. The Bertz CT molecular complexity index is 882. The van der Waals surface area contributed by atoms with Gasteiger partial charge in [0.1, 0.15) is 4.90 Å². The highest BCUT2D eigenvalue weighted by atomic mass is 79.9. The Balaban J connectivity index is 2.03. The van der Waals surface area contributed by atoms with Crippen molar-refractivity contribution >= 4 is 36.8 Å². The zero-order chi connectivity index (χ0) is 14.9. The van der Waals surface area contributed by atoms with E-state index in [2.05, 4.69) is 15.9 Å². The Morgan fingerprint density at radius 3 is 2.24 bits per heavy atom. The topological polar surface area (TPSA) is 43.4 Å². The minimum atomic E-state index is -3.84. The van der Waals surface area contributed by atoms with Crippen LogP contribution >= 0.6 is 15.9 Å². The quantitative estimate of drug-likeness (QED) is 0.649. The fourth-order valence-corrected chi connectivity index (χ4v) is 3.25. The van der Waals surface area contributed by atoms with Crippen LogP contribution in [0.15, 0.2) is 76.1 Å². The van der Waals surface area contributed by atoms with E-state index >= 15 is 0 Å². The molecule has 0 atom stereocenters. The van der Waals surface area contributed by atoms with Crippen molar-refractivity contribution in [3.05, 3.63) is 71.2 Å². The Labute approximate surface area is 131 Å². The average Bonchev–Trinajstić information content (AvgIpc) is 2.48. The molecule has 0 spiro atoms. The summed E-state index contributed by atoms with van der Waals surface area (Å²) in [4.78, 5) is 0.124. The lowest BCUT2D eigenvalue weighted by molar-refractivity contribution is 0.488. The van der Waals surface area contributed by atoms with E-state index in [1.807, 2.05) is 30.3 Å². The molecule has 3 nitrogen and oxygen atoms in total. The largest absolute Gasteiger partial charge is 0.378 e. The van der Waals surface area contributed by atoms with Crippen molar-refractivity contribution < 1.29 is 12.6 Å². The van der Waals surface area contributed by atoms with Crippen molar-refractivity contribution in [2.75, 3.05) is 0 Å². The van der Waals surface area contributed by atoms with Gasteiger partial charge in [0, 0.05) is 9.86 Å². The second kappa shape index (κ2) is 5.50. The van der Waals surface area contributed by atoms with Crippen molar-refractivity contribution in [3.8, 4) is 5.75 Å². The first-order chi connectivity index (χ1) is 10.1. The third-order valence-electron chi connectivity index (χ3n) is 3.05. The lowest BCUT2D eigenvalue weighted by Gasteiger charge is -2.09. The number of hydrogen-bond donors (Lipinski definition) is 0. The molecule has 0 unspecified atom stereocenters. The second-order valence-corrected chi connectivity index (χ2v) is 6.93. The number of fused-ring (bicyclic) bond motifs is 1. The first-order valence-electron chi connectivity index (χ1n) is 6.24. The van der Waals surface area contributed by atoms with Crippen LogP contribution in [-0.2, 0) is 10.1 Å². The van der Waals surface area contributed by atoms with Crippen LogP contribution in [0, 0.1) is 0 Å². The molecule has 5 heteroatoms. The van der Waals surface area contributed by atoms with Gasteiger partial charge in [0.05, 0.1) is 0 Å². The van der Waals surface area contributed by atoms with E-state index in [-0.39, 0.29) is 4.90 Å². The third-order valence-corrected chi connectivity index (χ3v) is 4.83. The lowest BCUT2D eigenvalue weighted by Crippen LogP contribution is -2.09. The number of halogens is 1. The molecular formula is C16H11BrO3S. The van der Waals surface area contributed by atoms with Gasteiger partial charge in [-0.15, -0.1) is 0 Å². The minimum absolute atomic E-state index is 0.124. The Morgan fingerprint density at radius 1 is 0.810 bits per heavy atom. The van der Waals surface area contributed by atoms with Gasteiger partial charge in [-0.25, -0.2) is 0 Å². The fraction of sp³-hybridized carbons (Fsp3) is 0. The summed E-state index contributed by atoms with van der Waals surface area (Å²) in [5.74, 6) is 0.330. The Hall–Kier alpha value is -1.85. The monoisotopic (exact) mass is 362 g/mol. The van der Waals surface area contributed by atoms with Gasteiger partial charge >= 0.3 is 10.1 Å². The molecule has 0 saturated heterocycles. The smallest absolute Gasteiger partial charge is 0.339 e. The lowest BCUT2D eigenvalue weighted by atomic mass is 10.1. The molecule has 0 aliphatic heterocycles. The molecule has 3 rings (SSSR count). The maximum atomic E-state index is 12.3. The molecule has 0 radical (unpaired) electrons. The first kappa shape index (κ1) is 14.1. The summed E-state index contributed by atoms with van der Waals surface area (Å²) in [6, 6.07) is 19.2. The summed E-state index contributed by atoms with van der Waals surface area (Å²) in [5, 5.41) is 1.70. The van der Waals surface area contributed by atoms with Crippen LogP contribution < -0.4 is 4.18 Å². The van der Waals surface area contributed by atoms with Crippen molar-refractivity contribution in [1.82, 2.24) is 0 Å². The second-order valence-electron chi connectivity index (χ2n) is 4.47. The molecule has 0 heterocycles. The number of benzene rings is 3. The number of hydrogen-bond acceptors (Lipinski definition) is 3. The van der Waals surface area contributed by atoms with Gasteiger partial charge in [-0.1, -0.05) is 52.3 Å². The van der Waals surface area contributed by atoms with Gasteiger partial charge in [0.15, 0.2) is 5.75 Å². The molecule has 0 aliphatic carbocycles. The van der Waals surface area contributed by atoms with Crippen LogP contribution in [0.5, 0.6) is 5.75 Å². The van der Waals surface area contributed by atoms with Gasteiger partial charge in [0.25, 0.3) is 0 Å². The van der Waals surface area contributed by atoms with Crippen molar-refractivity contribution in [2.45, 2.75) is 4.90 Å². The van der Waals surface area contributed by atoms with Crippen molar-refractivity contribution in [3.63, 3.8) is 0 Å². The summed E-state index contributed by atoms with van der Waals surface area (Å²) in [6.45, 7) is 0. The summed E-state index contributed by atoms with van der Waals surface area (Å²) < 4.78 is 30.7. The zero-order valence-corrected chi connectivity index (χ0v) is 13.3. The Kier molecular flexibility index (Phi) is 3.69. The van der Waals surface area contributed by atoms with E-state index in [0.717, 1.165) is 15.2 Å². The summed E-state index contributed by atoms with van der Waals surface area (Å²) in [6.07, 6.45) is 0. The van der Waals surface area contributed by atoms with Crippen LogP contribution in [0.25, 0.3) is 10.8 Å². The van der Waals surface area contributed by atoms with Gasteiger partial charge in [0.2, 0.25) is 0 Å². The third kappa shape index (κ3) is 2.94. The van der Waals surface area contributed by atoms with E-state index in [0.29, 0.717) is 5.75 Å². The summed E-state index contributed by atoms with van der Waals surface area (Å²) in [5.41, 5.74) is 0. The van der Waals surface area contributed by atoms with E-state index in [4.69, 9.17) is 4.18 Å². The summed E-state index contributed by atoms with van der Waals surface area (Å²) in [7, 11) is -3.84. The molecule has 21 heavy (non-hydrogen) atoms. The molecule has 106 valence electrons. The van der Waals surface area contributed by atoms with Crippen molar-refractivity contribution in [2.24, 2.45) is 0 Å². The Morgan fingerprint density at radius 2 is 1.48 bits per heavy atom. The van der Waals surface area contributed by atoms with E-state index in [1.54, 1.807) is 24.3 Å². The summed E-state index contributed by atoms with van der Waals surface area (Å²) >= 11 is 3.28. The molecule has 0 N–H and O–H groups in total.